The molecule has 11 unspecified atom stereocenters. The van der Waals surface area contributed by atoms with Gasteiger partial charge in [-0.2, -0.15) is 15.8 Å². The fraction of sp³-hybridized carbons (Fsp3) is 0.672. The number of piperidine rings is 3. The van der Waals surface area contributed by atoms with Gasteiger partial charge in [-0.05, 0) is 118 Å². The van der Waals surface area contributed by atoms with Crippen LogP contribution in [-0.2, 0) is 23.7 Å². The van der Waals surface area contributed by atoms with E-state index in [4.69, 9.17) is 23.9 Å². The number of likely N-dealkylation sites (tertiary alicyclic amines) is 3. The number of amides is 5. The van der Waals surface area contributed by atoms with E-state index in [1.54, 1.807) is 59.9 Å². The number of fused-ring (bicyclic) bond motifs is 3. The van der Waals surface area contributed by atoms with Crippen LogP contribution in [0.5, 0.6) is 0 Å². The van der Waals surface area contributed by atoms with Gasteiger partial charge in [-0.1, -0.05) is 18.9 Å². The summed E-state index contributed by atoms with van der Waals surface area (Å²) in [5.41, 5.74) is -2.56. The van der Waals surface area contributed by atoms with Crippen molar-refractivity contribution < 1.29 is 47.3 Å². The molecule has 1 aromatic heterocycles. The Balaban J connectivity index is 0.977. The molecule has 4 saturated carbocycles. The van der Waals surface area contributed by atoms with Crippen molar-refractivity contribution in [2.45, 2.75) is 130 Å². The van der Waals surface area contributed by atoms with Gasteiger partial charge in [0.1, 0.15) is 28.7 Å². The number of nitriles is 3. The minimum atomic E-state index is -0.826. The number of benzene rings is 1. The maximum atomic E-state index is 16.4. The number of halogens is 1. The molecule has 410 valence electrons. The Morgan fingerprint density at radius 1 is 0.753 bits per heavy atom. The normalized spacial score (nSPS) is 31.4. The first kappa shape index (κ1) is 53.7. The highest BCUT2D eigenvalue weighted by Crippen LogP contribution is 2.78. The fourth-order valence-electron chi connectivity index (χ4n) is 14.3. The first-order valence-corrected chi connectivity index (χ1v) is 27.4. The van der Waals surface area contributed by atoms with Crippen molar-refractivity contribution in [3.8, 4) is 29.3 Å². The molecule has 4 saturated heterocycles. The first-order chi connectivity index (χ1) is 36.3. The number of carbonyl (C=O) groups is 5. The molecule has 0 spiro atoms. The zero-order valence-electron chi connectivity index (χ0n) is 45.8. The minimum Gasteiger partial charge on any atom is -0.444 e. The zero-order chi connectivity index (χ0) is 55.4. The van der Waals surface area contributed by atoms with Crippen LogP contribution in [0.1, 0.15) is 112 Å². The van der Waals surface area contributed by atoms with Crippen molar-refractivity contribution in [3.63, 3.8) is 0 Å². The number of aromatic nitrogens is 1. The number of ether oxygens (including phenoxy) is 4. The Hall–Kier alpha value is -6.68. The maximum Gasteiger partial charge on any atom is 0.414 e. The standard InChI is InChI=1S/C58H72FN9O9/c1-53(2,3)75-49(70)65-27-42-39(21-60)56(42,30-65)19-11-10-12-38(57-31-66(28-43(57)40(57)22-61)50(71)76-54(4,5)6)47(58-32-67(29-44(58)41(58)23-62)51(72)77-55(7,8)9)46-18-15-34(24-63-46)37-17-16-35(20-45(37)59)68-26-36(74-52(68)73)25-64-48(69)33-13-14-33/h15-18,20,24,33,36,38-44,47H,10-14,19,25-32H2,1-9H3,(H,64,69)/t36-,38?,39?,40?,41?,42?,43?,44?,47?,56?,57?,58?/m0/s1. The van der Waals surface area contributed by atoms with Gasteiger partial charge in [0, 0.05) is 108 Å². The molecule has 4 aliphatic heterocycles. The predicted octanol–water partition coefficient (Wildman–Crippen LogP) is 9.02. The number of hydrogen-bond donors (Lipinski definition) is 1. The second-order valence-electron chi connectivity index (χ2n) is 26.3. The minimum absolute atomic E-state index is 0.00703. The van der Waals surface area contributed by atoms with E-state index in [1.165, 1.54) is 11.0 Å². The summed E-state index contributed by atoms with van der Waals surface area (Å²) in [4.78, 5) is 77.9. The molecule has 1 N–H and O–H groups in total. The van der Waals surface area contributed by atoms with Crippen LogP contribution >= 0.6 is 0 Å². The third-order valence-electron chi connectivity index (χ3n) is 17.9. The third-order valence-corrected chi connectivity index (χ3v) is 17.9. The molecule has 77 heavy (non-hydrogen) atoms. The molecule has 5 heterocycles. The number of pyridine rings is 1. The highest BCUT2D eigenvalue weighted by atomic mass is 19.1. The molecule has 0 radical (unpaired) electrons. The summed E-state index contributed by atoms with van der Waals surface area (Å²) in [5.74, 6) is -3.10. The summed E-state index contributed by atoms with van der Waals surface area (Å²) in [7, 11) is 0. The van der Waals surface area contributed by atoms with Gasteiger partial charge < -0.3 is 39.0 Å². The molecule has 19 heteroatoms. The summed E-state index contributed by atoms with van der Waals surface area (Å²) in [6.45, 7) is 18.5. The molecule has 12 atom stereocenters. The molecule has 1 aromatic carbocycles. The molecule has 10 rings (SSSR count). The van der Waals surface area contributed by atoms with Crippen LogP contribution in [0.25, 0.3) is 11.1 Å². The molecule has 5 amide bonds. The SMILES string of the molecule is CC(C)(C)OC(=O)N1CC2C(C#N)C2(CCCCC(C(c2ccc(-c3ccc(N4C[C@H](CNC(=O)C5CC5)OC4=O)cc3F)cn2)C23CN(C(=O)OC(C)(C)C)CC2C3C#N)C23CN(C(=O)OC(C)(C)C)CC2C3C#N)C1. The molecule has 0 bridgehead atoms. The average Bonchev–Trinajstić information content (AvgIpc) is 4.39. The first-order valence-electron chi connectivity index (χ1n) is 27.4. The Morgan fingerprint density at radius 2 is 1.31 bits per heavy atom. The molecular formula is C58H72FN9O9. The third kappa shape index (κ3) is 9.88. The monoisotopic (exact) mass is 1060 g/mol. The fourth-order valence-corrected chi connectivity index (χ4v) is 14.3. The van der Waals surface area contributed by atoms with Crippen LogP contribution in [0, 0.1) is 103 Å². The molecular weight excluding hydrogens is 986 g/mol. The van der Waals surface area contributed by atoms with Gasteiger partial charge in [0.2, 0.25) is 5.91 Å². The van der Waals surface area contributed by atoms with E-state index in [0.29, 0.717) is 62.3 Å². The number of anilines is 1. The van der Waals surface area contributed by atoms with Crippen molar-refractivity contribution in [3.05, 3.63) is 48.0 Å². The Morgan fingerprint density at radius 3 is 1.86 bits per heavy atom. The lowest BCUT2D eigenvalue weighted by Crippen LogP contribution is -2.43. The predicted molar refractivity (Wildman–Crippen MR) is 276 cm³/mol. The summed E-state index contributed by atoms with van der Waals surface area (Å²) >= 11 is 0. The molecule has 18 nitrogen and oxygen atoms in total. The van der Waals surface area contributed by atoms with E-state index in [0.717, 1.165) is 12.8 Å². The Bertz CT molecular complexity index is 2860. The average molecular weight is 1060 g/mol. The number of cyclic esters (lactones) is 1. The van der Waals surface area contributed by atoms with E-state index in [1.807, 2.05) is 47.6 Å². The topological polar surface area (TPSA) is 232 Å². The van der Waals surface area contributed by atoms with Crippen molar-refractivity contribution >= 4 is 36.0 Å². The van der Waals surface area contributed by atoms with Gasteiger partial charge in [0.15, 0.2) is 0 Å². The van der Waals surface area contributed by atoms with Gasteiger partial charge in [0.05, 0.1) is 54.7 Å². The number of rotatable bonds is 14. The second kappa shape index (κ2) is 19.1. The summed E-state index contributed by atoms with van der Waals surface area (Å²) in [6, 6.07) is 15.9. The van der Waals surface area contributed by atoms with Crippen LogP contribution in [-0.4, -0.2) is 125 Å². The highest BCUT2D eigenvalue weighted by Gasteiger charge is 2.81. The van der Waals surface area contributed by atoms with Crippen LogP contribution < -0.4 is 10.2 Å². The van der Waals surface area contributed by atoms with Gasteiger partial charge in [-0.15, -0.1) is 0 Å². The number of nitrogens with zero attached hydrogens (tertiary/aromatic N) is 8. The van der Waals surface area contributed by atoms with Gasteiger partial charge in [-0.25, -0.2) is 23.6 Å². The van der Waals surface area contributed by atoms with Gasteiger partial charge in [-0.3, -0.25) is 14.7 Å². The number of hydrogen-bond acceptors (Lipinski definition) is 13. The van der Waals surface area contributed by atoms with Crippen molar-refractivity contribution in [2.75, 3.05) is 57.3 Å². The van der Waals surface area contributed by atoms with Crippen molar-refractivity contribution in [1.29, 1.82) is 15.8 Å². The number of nitrogens with one attached hydrogen (secondary N) is 1. The van der Waals surface area contributed by atoms with Gasteiger partial charge >= 0.3 is 24.4 Å². The lowest BCUT2D eigenvalue weighted by atomic mass is 9.65. The van der Waals surface area contributed by atoms with Gasteiger partial charge in [0.25, 0.3) is 0 Å². The highest BCUT2D eigenvalue weighted by molar-refractivity contribution is 5.90. The zero-order valence-corrected chi connectivity index (χ0v) is 45.8. The Kier molecular flexibility index (Phi) is 13.3. The van der Waals surface area contributed by atoms with Crippen LogP contribution in [0.4, 0.5) is 29.3 Å². The lowest BCUT2D eigenvalue weighted by molar-refractivity contribution is -0.122. The van der Waals surface area contributed by atoms with E-state index < -0.39 is 81.7 Å². The lowest BCUT2D eigenvalue weighted by Gasteiger charge is -2.40. The van der Waals surface area contributed by atoms with Crippen LogP contribution in [0.2, 0.25) is 0 Å². The van der Waals surface area contributed by atoms with E-state index in [9.17, 15) is 39.8 Å². The van der Waals surface area contributed by atoms with Crippen LogP contribution in [0.3, 0.4) is 0 Å². The number of unbranched alkanes of at least 4 members (excludes halogenated alkanes) is 1. The van der Waals surface area contributed by atoms with Crippen molar-refractivity contribution in [1.82, 2.24) is 25.0 Å². The molecule has 8 fully saturated rings. The molecule has 2 aromatic rings. The Labute approximate surface area is 450 Å². The van der Waals surface area contributed by atoms with Crippen molar-refractivity contribution in [2.24, 2.45) is 63.6 Å². The van der Waals surface area contributed by atoms with E-state index >= 15 is 4.39 Å². The van der Waals surface area contributed by atoms with E-state index in [2.05, 4.69) is 23.5 Å². The second-order valence-corrected chi connectivity index (χ2v) is 26.3. The maximum absolute atomic E-state index is 16.4. The van der Waals surface area contributed by atoms with E-state index in [-0.39, 0.29) is 85.1 Å². The summed E-state index contributed by atoms with van der Waals surface area (Å²) in [5, 5.41) is 35.1. The van der Waals surface area contributed by atoms with Crippen LogP contribution in [0.15, 0.2) is 36.5 Å². The number of carbonyl (C=O) groups excluding carboxylic acids is 5. The largest absolute Gasteiger partial charge is 0.444 e. The quantitative estimate of drug-likeness (QED) is 0.138. The molecule has 4 aliphatic carbocycles. The molecule has 8 aliphatic rings. The summed E-state index contributed by atoms with van der Waals surface area (Å²) in [6.07, 6.45) is 3.30. The summed E-state index contributed by atoms with van der Waals surface area (Å²) < 4.78 is 39.4. The smallest absolute Gasteiger partial charge is 0.414 e.